The molecule has 0 atom stereocenters. The first-order valence-corrected chi connectivity index (χ1v) is 6.80. The fraction of sp³-hybridized carbons (Fsp3) is 0.250. The molecule has 0 saturated heterocycles. The molecule has 1 aromatic rings. The number of primary sulfonamides is 1. The summed E-state index contributed by atoms with van der Waals surface area (Å²) in [5.74, 6) is 4.54. The van der Waals surface area contributed by atoms with Gasteiger partial charge in [0.05, 0.1) is 4.90 Å². The molecule has 0 aliphatic heterocycles. The van der Waals surface area contributed by atoms with E-state index in [4.69, 9.17) is 5.14 Å². The Morgan fingerprint density at radius 1 is 1.33 bits per heavy atom. The SMILES string of the molecule is CC#CC(=O)NCCc1ccc(S(N)(=O)=O)cc1. The number of carbonyl (C=O) groups excluding carboxylic acids is 1. The van der Waals surface area contributed by atoms with Crippen LogP contribution >= 0.6 is 0 Å². The lowest BCUT2D eigenvalue weighted by atomic mass is 10.1. The summed E-state index contributed by atoms with van der Waals surface area (Å²) in [4.78, 5) is 11.1. The molecule has 0 saturated carbocycles. The van der Waals surface area contributed by atoms with Crippen molar-refractivity contribution in [2.45, 2.75) is 18.2 Å². The number of hydrogen-bond donors (Lipinski definition) is 2. The minimum Gasteiger partial charge on any atom is -0.345 e. The molecule has 3 N–H and O–H groups in total. The Labute approximate surface area is 106 Å². The van der Waals surface area contributed by atoms with Gasteiger partial charge in [-0.3, -0.25) is 4.79 Å². The van der Waals surface area contributed by atoms with E-state index in [9.17, 15) is 13.2 Å². The minimum atomic E-state index is -3.65. The van der Waals surface area contributed by atoms with E-state index >= 15 is 0 Å². The summed E-state index contributed by atoms with van der Waals surface area (Å²) in [6, 6.07) is 6.21. The smallest absolute Gasteiger partial charge is 0.295 e. The van der Waals surface area contributed by atoms with Crippen molar-refractivity contribution in [3.8, 4) is 11.8 Å². The van der Waals surface area contributed by atoms with Crippen LogP contribution in [-0.4, -0.2) is 20.9 Å². The maximum absolute atomic E-state index is 11.0. The quantitative estimate of drug-likeness (QED) is 0.753. The normalized spacial score (nSPS) is 10.3. The molecule has 96 valence electrons. The van der Waals surface area contributed by atoms with E-state index in [2.05, 4.69) is 17.2 Å². The van der Waals surface area contributed by atoms with Gasteiger partial charge in [-0.05, 0) is 37.0 Å². The molecular weight excluding hydrogens is 252 g/mol. The molecule has 6 heteroatoms. The van der Waals surface area contributed by atoms with Crippen LogP contribution in [0, 0.1) is 11.8 Å². The Balaban J connectivity index is 2.54. The zero-order chi connectivity index (χ0) is 13.6. The Morgan fingerprint density at radius 2 is 1.94 bits per heavy atom. The number of hydrogen-bond acceptors (Lipinski definition) is 3. The fourth-order valence-electron chi connectivity index (χ4n) is 1.32. The second-order valence-electron chi connectivity index (χ2n) is 3.57. The maximum atomic E-state index is 11.0. The first-order chi connectivity index (χ1) is 8.43. The first-order valence-electron chi connectivity index (χ1n) is 5.26. The lowest BCUT2D eigenvalue weighted by molar-refractivity contribution is -0.115. The Hall–Kier alpha value is -1.84. The lowest BCUT2D eigenvalue weighted by Gasteiger charge is -2.03. The number of benzene rings is 1. The zero-order valence-corrected chi connectivity index (χ0v) is 10.8. The third kappa shape index (κ3) is 4.57. The molecule has 0 aromatic heterocycles. The van der Waals surface area contributed by atoms with Gasteiger partial charge in [0.1, 0.15) is 0 Å². The highest BCUT2D eigenvalue weighted by Gasteiger charge is 2.06. The summed E-state index contributed by atoms with van der Waals surface area (Å²) in [6.45, 7) is 2.04. The summed E-state index contributed by atoms with van der Waals surface area (Å²) in [5.41, 5.74) is 0.909. The number of sulfonamides is 1. The van der Waals surface area contributed by atoms with Gasteiger partial charge in [-0.1, -0.05) is 18.1 Å². The van der Waals surface area contributed by atoms with Gasteiger partial charge in [0.25, 0.3) is 5.91 Å². The molecule has 5 nitrogen and oxygen atoms in total. The first kappa shape index (κ1) is 14.2. The van der Waals surface area contributed by atoms with Gasteiger partial charge < -0.3 is 5.32 Å². The highest BCUT2D eigenvalue weighted by Crippen LogP contribution is 2.08. The molecule has 0 spiro atoms. The van der Waals surface area contributed by atoms with Crippen molar-refractivity contribution >= 4 is 15.9 Å². The minimum absolute atomic E-state index is 0.0761. The second kappa shape index (κ2) is 6.19. The van der Waals surface area contributed by atoms with E-state index in [1.807, 2.05) is 0 Å². The summed E-state index contributed by atoms with van der Waals surface area (Å²) in [7, 11) is -3.65. The summed E-state index contributed by atoms with van der Waals surface area (Å²) in [6.07, 6.45) is 0.599. The Kier molecular flexibility index (Phi) is 4.89. The van der Waals surface area contributed by atoms with Crippen LogP contribution in [0.5, 0.6) is 0 Å². The van der Waals surface area contributed by atoms with Gasteiger partial charge in [-0.15, -0.1) is 0 Å². The zero-order valence-electron chi connectivity index (χ0n) is 9.93. The number of amides is 1. The molecule has 0 bridgehead atoms. The van der Waals surface area contributed by atoms with Crippen molar-refractivity contribution in [3.05, 3.63) is 29.8 Å². The maximum Gasteiger partial charge on any atom is 0.295 e. The molecule has 1 aromatic carbocycles. The molecule has 0 aliphatic rings. The number of nitrogens with two attached hydrogens (primary N) is 1. The van der Waals surface area contributed by atoms with Crippen LogP contribution in [0.1, 0.15) is 12.5 Å². The van der Waals surface area contributed by atoms with Crippen LogP contribution in [0.25, 0.3) is 0 Å². The molecule has 1 rings (SSSR count). The average molecular weight is 266 g/mol. The van der Waals surface area contributed by atoms with Gasteiger partial charge in [0.15, 0.2) is 0 Å². The van der Waals surface area contributed by atoms with E-state index in [0.29, 0.717) is 13.0 Å². The molecule has 18 heavy (non-hydrogen) atoms. The number of rotatable bonds is 4. The topological polar surface area (TPSA) is 89.3 Å². The fourth-order valence-corrected chi connectivity index (χ4v) is 1.84. The van der Waals surface area contributed by atoms with Crippen LogP contribution in [0.4, 0.5) is 0 Å². The van der Waals surface area contributed by atoms with E-state index in [1.165, 1.54) is 12.1 Å². The standard InChI is InChI=1S/C12H14N2O3S/c1-2-3-12(15)14-9-8-10-4-6-11(7-5-10)18(13,16)17/h4-7H,8-9H2,1H3,(H,14,15)(H2,13,16,17). The molecule has 0 unspecified atom stereocenters. The predicted molar refractivity (Wildman–Crippen MR) is 68.0 cm³/mol. The van der Waals surface area contributed by atoms with Crippen molar-refractivity contribution in [2.75, 3.05) is 6.54 Å². The Morgan fingerprint density at radius 3 is 2.44 bits per heavy atom. The Bertz CT molecular complexity index is 580. The van der Waals surface area contributed by atoms with Crippen LogP contribution in [-0.2, 0) is 21.2 Å². The molecular formula is C12H14N2O3S. The van der Waals surface area contributed by atoms with E-state index in [-0.39, 0.29) is 10.8 Å². The van der Waals surface area contributed by atoms with Crippen molar-refractivity contribution in [3.63, 3.8) is 0 Å². The van der Waals surface area contributed by atoms with Crippen LogP contribution < -0.4 is 10.5 Å². The number of carbonyl (C=O) groups is 1. The van der Waals surface area contributed by atoms with E-state index in [0.717, 1.165) is 5.56 Å². The molecule has 0 fully saturated rings. The van der Waals surface area contributed by atoms with Gasteiger partial charge in [0, 0.05) is 6.54 Å². The predicted octanol–water partition coefficient (Wildman–Crippen LogP) is 0.0160. The summed E-state index contributed by atoms with van der Waals surface area (Å²) >= 11 is 0. The third-order valence-corrected chi connectivity index (χ3v) is 3.12. The van der Waals surface area contributed by atoms with Crippen LogP contribution in [0.3, 0.4) is 0 Å². The number of nitrogens with one attached hydrogen (secondary N) is 1. The van der Waals surface area contributed by atoms with E-state index < -0.39 is 10.0 Å². The lowest BCUT2D eigenvalue weighted by Crippen LogP contribution is -2.23. The van der Waals surface area contributed by atoms with Crippen molar-refractivity contribution < 1.29 is 13.2 Å². The summed E-state index contributed by atoms with van der Waals surface area (Å²) in [5, 5.41) is 7.60. The van der Waals surface area contributed by atoms with Crippen molar-refractivity contribution in [1.82, 2.24) is 5.32 Å². The highest BCUT2D eigenvalue weighted by atomic mass is 32.2. The molecule has 0 aliphatic carbocycles. The van der Waals surface area contributed by atoms with Crippen molar-refractivity contribution in [2.24, 2.45) is 5.14 Å². The second-order valence-corrected chi connectivity index (χ2v) is 5.13. The van der Waals surface area contributed by atoms with Crippen LogP contribution in [0.2, 0.25) is 0 Å². The van der Waals surface area contributed by atoms with Crippen molar-refractivity contribution in [1.29, 1.82) is 0 Å². The van der Waals surface area contributed by atoms with Gasteiger partial charge in [-0.2, -0.15) is 0 Å². The largest absolute Gasteiger partial charge is 0.345 e. The average Bonchev–Trinajstić information content (AvgIpc) is 2.29. The highest BCUT2D eigenvalue weighted by molar-refractivity contribution is 7.89. The van der Waals surface area contributed by atoms with Gasteiger partial charge in [0.2, 0.25) is 10.0 Å². The van der Waals surface area contributed by atoms with Crippen LogP contribution in [0.15, 0.2) is 29.2 Å². The summed E-state index contributed by atoms with van der Waals surface area (Å²) < 4.78 is 22.1. The molecule has 0 heterocycles. The molecule has 0 radical (unpaired) electrons. The van der Waals surface area contributed by atoms with E-state index in [1.54, 1.807) is 19.1 Å². The third-order valence-electron chi connectivity index (χ3n) is 2.19. The van der Waals surface area contributed by atoms with Gasteiger partial charge in [-0.25, -0.2) is 13.6 Å². The monoisotopic (exact) mass is 266 g/mol. The molecule has 1 amide bonds. The van der Waals surface area contributed by atoms with Gasteiger partial charge >= 0.3 is 0 Å².